The van der Waals surface area contributed by atoms with Gasteiger partial charge in [-0.1, -0.05) is 0 Å². The van der Waals surface area contributed by atoms with Crippen LogP contribution in [0.15, 0.2) is 0 Å². The Labute approximate surface area is 95.5 Å². The van der Waals surface area contributed by atoms with Gasteiger partial charge in [-0.3, -0.25) is 4.79 Å². The molecular formula is C11H20N2O3. The van der Waals surface area contributed by atoms with Crippen LogP contribution in [0.4, 0.5) is 0 Å². The van der Waals surface area contributed by atoms with Crippen molar-refractivity contribution in [3.8, 4) is 0 Å². The van der Waals surface area contributed by atoms with Crippen molar-refractivity contribution in [2.24, 2.45) is 11.1 Å². The van der Waals surface area contributed by atoms with Crippen molar-refractivity contribution in [3.05, 3.63) is 0 Å². The second-order valence-electron chi connectivity index (χ2n) is 5.09. The number of hydrogen-bond donors (Lipinski definition) is 2. The Morgan fingerprint density at radius 3 is 2.94 bits per heavy atom. The Bertz CT molecular complexity index is 284. The largest absolute Gasteiger partial charge is 0.391 e. The highest BCUT2D eigenvalue weighted by atomic mass is 16.5. The number of rotatable bonds is 1. The third-order valence-electron chi connectivity index (χ3n) is 3.69. The molecule has 0 aromatic heterocycles. The minimum absolute atomic E-state index is 0.0243. The van der Waals surface area contributed by atoms with E-state index in [2.05, 4.69) is 0 Å². The summed E-state index contributed by atoms with van der Waals surface area (Å²) >= 11 is 0. The van der Waals surface area contributed by atoms with E-state index in [1.54, 1.807) is 4.90 Å². The van der Waals surface area contributed by atoms with Crippen molar-refractivity contribution in [2.75, 3.05) is 26.3 Å². The van der Waals surface area contributed by atoms with Gasteiger partial charge < -0.3 is 20.5 Å². The van der Waals surface area contributed by atoms with Gasteiger partial charge in [0.05, 0.1) is 24.7 Å². The highest BCUT2D eigenvalue weighted by Gasteiger charge is 2.46. The lowest BCUT2D eigenvalue weighted by Crippen LogP contribution is -2.54. The summed E-state index contributed by atoms with van der Waals surface area (Å²) in [4.78, 5) is 14.1. The molecule has 3 N–H and O–H groups in total. The van der Waals surface area contributed by atoms with E-state index < -0.39 is 5.41 Å². The molecule has 2 heterocycles. The van der Waals surface area contributed by atoms with Gasteiger partial charge in [-0.2, -0.15) is 0 Å². The van der Waals surface area contributed by atoms with Crippen LogP contribution in [-0.4, -0.2) is 54.4 Å². The van der Waals surface area contributed by atoms with Crippen molar-refractivity contribution >= 4 is 5.91 Å². The molecule has 92 valence electrons. The zero-order valence-electron chi connectivity index (χ0n) is 9.69. The Morgan fingerprint density at radius 2 is 2.38 bits per heavy atom. The fraction of sp³-hybridized carbons (Fsp3) is 0.909. The molecule has 0 radical (unpaired) electrons. The van der Waals surface area contributed by atoms with E-state index in [0.717, 1.165) is 19.4 Å². The second-order valence-corrected chi connectivity index (χ2v) is 5.09. The number of likely N-dealkylation sites (tertiary alicyclic amines) is 1. The number of ether oxygens (including phenoxy) is 1. The van der Waals surface area contributed by atoms with Crippen LogP contribution in [0.1, 0.15) is 19.8 Å². The van der Waals surface area contributed by atoms with Crippen LogP contribution in [0.5, 0.6) is 0 Å². The zero-order chi connectivity index (χ0) is 11.8. The number of nitrogens with zero attached hydrogens (tertiary/aromatic N) is 1. The van der Waals surface area contributed by atoms with Crippen LogP contribution in [0.2, 0.25) is 0 Å². The quantitative estimate of drug-likeness (QED) is 0.624. The standard InChI is InChI=1S/C11H20N2O3/c1-11(7-16-6-9(11)12)10(15)13-4-2-3-8(14)5-13/h8-9,14H,2-7,12H2,1H3/t8-,9?,11?/m0/s1. The molecule has 0 saturated carbocycles. The Hall–Kier alpha value is -0.650. The number of aliphatic hydroxyl groups excluding tert-OH is 1. The van der Waals surface area contributed by atoms with Gasteiger partial charge in [-0.15, -0.1) is 0 Å². The maximum atomic E-state index is 12.3. The first kappa shape index (κ1) is 11.8. The lowest BCUT2D eigenvalue weighted by atomic mass is 9.83. The normalized spacial score (nSPS) is 40.1. The summed E-state index contributed by atoms with van der Waals surface area (Å²) in [5.41, 5.74) is 5.31. The summed E-state index contributed by atoms with van der Waals surface area (Å²) < 4.78 is 5.28. The van der Waals surface area contributed by atoms with Gasteiger partial charge >= 0.3 is 0 Å². The summed E-state index contributed by atoms with van der Waals surface area (Å²) in [6, 6.07) is -0.237. The van der Waals surface area contributed by atoms with Crippen molar-refractivity contribution < 1.29 is 14.6 Å². The van der Waals surface area contributed by atoms with Gasteiger partial charge in [0.15, 0.2) is 0 Å². The summed E-state index contributed by atoms with van der Waals surface area (Å²) in [6.07, 6.45) is 1.25. The third-order valence-corrected chi connectivity index (χ3v) is 3.69. The third kappa shape index (κ3) is 1.95. The van der Waals surface area contributed by atoms with E-state index >= 15 is 0 Å². The highest BCUT2D eigenvalue weighted by Crippen LogP contribution is 2.30. The Balaban J connectivity index is 2.06. The van der Waals surface area contributed by atoms with Gasteiger partial charge in [0.25, 0.3) is 0 Å². The Morgan fingerprint density at radius 1 is 1.62 bits per heavy atom. The van der Waals surface area contributed by atoms with E-state index in [9.17, 15) is 9.90 Å². The predicted octanol–water partition coefficient (Wildman–Crippen LogP) is -0.666. The Kier molecular flexibility index (Phi) is 3.19. The van der Waals surface area contributed by atoms with Crippen LogP contribution < -0.4 is 5.73 Å². The first-order chi connectivity index (χ1) is 7.54. The molecule has 5 nitrogen and oxygen atoms in total. The van der Waals surface area contributed by atoms with E-state index in [0.29, 0.717) is 19.8 Å². The molecule has 2 fully saturated rings. The number of carbonyl (C=O) groups excluding carboxylic acids is 1. The van der Waals surface area contributed by atoms with Crippen LogP contribution in [0.25, 0.3) is 0 Å². The van der Waals surface area contributed by atoms with Crippen molar-refractivity contribution in [3.63, 3.8) is 0 Å². The van der Waals surface area contributed by atoms with E-state index in [-0.39, 0.29) is 18.1 Å². The molecule has 5 heteroatoms. The van der Waals surface area contributed by atoms with Crippen molar-refractivity contribution in [2.45, 2.75) is 31.9 Å². The number of amides is 1. The average Bonchev–Trinajstić information content (AvgIpc) is 2.59. The van der Waals surface area contributed by atoms with E-state index in [1.165, 1.54) is 0 Å². The number of piperidine rings is 1. The van der Waals surface area contributed by atoms with Crippen molar-refractivity contribution in [1.29, 1.82) is 0 Å². The summed E-state index contributed by atoms with van der Waals surface area (Å²) in [5.74, 6) is 0.0243. The van der Waals surface area contributed by atoms with Crippen LogP contribution in [0.3, 0.4) is 0 Å². The number of nitrogens with two attached hydrogens (primary N) is 1. The molecule has 0 aromatic carbocycles. The zero-order valence-corrected chi connectivity index (χ0v) is 9.69. The monoisotopic (exact) mass is 228 g/mol. The summed E-state index contributed by atoms with van der Waals surface area (Å²) in [6.45, 7) is 3.84. The van der Waals surface area contributed by atoms with Gasteiger partial charge in [-0.05, 0) is 19.8 Å². The minimum atomic E-state index is -0.614. The maximum Gasteiger partial charge on any atom is 0.232 e. The number of aliphatic hydroxyl groups is 1. The van der Waals surface area contributed by atoms with Crippen LogP contribution in [0, 0.1) is 5.41 Å². The fourth-order valence-electron chi connectivity index (χ4n) is 2.41. The lowest BCUT2D eigenvalue weighted by Gasteiger charge is -2.36. The molecule has 2 saturated heterocycles. The molecule has 3 atom stereocenters. The lowest BCUT2D eigenvalue weighted by molar-refractivity contribution is -0.144. The summed E-state index contributed by atoms with van der Waals surface area (Å²) in [7, 11) is 0. The molecule has 2 aliphatic rings. The number of carbonyl (C=O) groups is 1. The van der Waals surface area contributed by atoms with E-state index in [4.69, 9.17) is 10.5 Å². The van der Waals surface area contributed by atoms with E-state index in [1.807, 2.05) is 6.92 Å². The van der Waals surface area contributed by atoms with Crippen molar-refractivity contribution in [1.82, 2.24) is 4.90 Å². The first-order valence-electron chi connectivity index (χ1n) is 5.85. The SMILES string of the molecule is CC1(C(=O)N2CCC[C@H](O)C2)COCC1N. The molecule has 2 aliphatic heterocycles. The molecular weight excluding hydrogens is 208 g/mol. The molecule has 0 spiro atoms. The van der Waals surface area contributed by atoms with Crippen LogP contribution >= 0.6 is 0 Å². The molecule has 2 unspecified atom stereocenters. The first-order valence-corrected chi connectivity index (χ1v) is 5.85. The number of β-amino-alcohol motifs (C(OH)–C–C–N with tert-alkyl or cyclic N) is 1. The van der Waals surface area contributed by atoms with Gasteiger partial charge in [0.1, 0.15) is 0 Å². The molecule has 16 heavy (non-hydrogen) atoms. The van der Waals surface area contributed by atoms with Crippen LogP contribution in [-0.2, 0) is 9.53 Å². The molecule has 0 aliphatic carbocycles. The molecule has 0 aromatic rings. The average molecular weight is 228 g/mol. The van der Waals surface area contributed by atoms with Gasteiger partial charge in [-0.25, -0.2) is 0 Å². The molecule has 2 rings (SSSR count). The van der Waals surface area contributed by atoms with Gasteiger partial charge in [0.2, 0.25) is 5.91 Å². The van der Waals surface area contributed by atoms with Gasteiger partial charge in [0, 0.05) is 19.1 Å². The predicted molar refractivity (Wildman–Crippen MR) is 58.7 cm³/mol. The second kappa shape index (κ2) is 4.31. The molecule has 0 bridgehead atoms. The summed E-state index contributed by atoms with van der Waals surface area (Å²) in [5, 5.41) is 9.56. The highest BCUT2D eigenvalue weighted by molar-refractivity contribution is 5.83. The number of hydrogen-bond acceptors (Lipinski definition) is 4. The fourth-order valence-corrected chi connectivity index (χ4v) is 2.41. The minimum Gasteiger partial charge on any atom is -0.391 e. The topological polar surface area (TPSA) is 75.8 Å². The smallest absolute Gasteiger partial charge is 0.232 e. The maximum absolute atomic E-state index is 12.3. The molecule has 1 amide bonds.